The van der Waals surface area contributed by atoms with E-state index in [9.17, 15) is 5.11 Å². The minimum atomic E-state index is -0.479. The average molecular weight is 294 g/mol. The van der Waals surface area contributed by atoms with Crippen molar-refractivity contribution in [3.05, 3.63) is 29.8 Å². The number of benzene rings is 1. The van der Waals surface area contributed by atoms with Gasteiger partial charge in [0, 0.05) is 26.7 Å². The summed E-state index contributed by atoms with van der Waals surface area (Å²) in [5, 5.41) is 10.1. The largest absolute Gasteiger partial charge is 0.491 e. The molecule has 0 radical (unpaired) electrons. The Kier molecular flexibility index (Phi) is 6.45. The lowest BCUT2D eigenvalue weighted by Gasteiger charge is -2.20. The van der Waals surface area contributed by atoms with Crippen LogP contribution in [0.4, 0.5) is 0 Å². The fourth-order valence-corrected chi connectivity index (χ4v) is 2.76. The molecule has 1 heterocycles. The van der Waals surface area contributed by atoms with Crippen molar-refractivity contribution in [3.63, 3.8) is 0 Å². The van der Waals surface area contributed by atoms with Crippen molar-refractivity contribution in [2.75, 3.05) is 40.0 Å². The highest BCUT2D eigenvalue weighted by molar-refractivity contribution is 5.28. The van der Waals surface area contributed by atoms with Crippen LogP contribution in [-0.4, -0.2) is 56.1 Å². The van der Waals surface area contributed by atoms with E-state index in [4.69, 9.17) is 15.2 Å². The van der Waals surface area contributed by atoms with E-state index in [1.54, 1.807) is 7.11 Å². The van der Waals surface area contributed by atoms with Crippen LogP contribution in [0.3, 0.4) is 0 Å². The SMILES string of the molecule is COCC1CCN(CC(O)COc2cccc(CN)c2)C1. The number of nitrogens with two attached hydrogens (primary N) is 1. The number of aliphatic hydroxyl groups is 1. The van der Waals surface area contributed by atoms with E-state index in [2.05, 4.69) is 4.90 Å². The first-order valence-corrected chi connectivity index (χ1v) is 7.52. The molecule has 3 N–H and O–H groups in total. The smallest absolute Gasteiger partial charge is 0.119 e. The van der Waals surface area contributed by atoms with Gasteiger partial charge in [-0.3, -0.25) is 0 Å². The van der Waals surface area contributed by atoms with Gasteiger partial charge in [0.25, 0.3) is 0 Å². The van der Waals surface area contributed by atoms with Gasteiger partial charge in [-0.05, 0) is 36.6 Å². The number of rotatable bonds is 8. The molecule has 0 aliphatic carbocycles. The quantitative estimate of drug-likeness (QED) is 0.744. The first-order valence-electron chi connectivity index (χ1n) is 7.52. The van der Waals surface area contributed by atoms with E-state index in [1.807, 2.05) is 24.3 Å². The molecule has 0 spiro atoms. The van der Waals surface area contributed by atoms with Crippen LogP contribution >= 0.6 is 0 Å². The molecule has 118 valence electrons. The Morgan fingerprint density at radius 3 is 3.10 bits per heavy atom. The number of methoxy groups -OCH3 is 1. The molecule has 1 aliphatic rings. The van der Waals surface area contributed by atoms with Crippen molar-refractivity contribution in [1.29, 1.82) is 0 Å². The Bertz CT molecular complexity index is 428. The predicted octanol–water partition coefficient (Wildman–Crippen LogP) is 0.853. The molecule has 0 saturated carbocycles. The Balaban J connectivity index is 1.71. The third-order valence-electron chi connectivity index (χ3n) is 3.82. The maximum Gasteiger partial charge on any atom is 0.119 e. The minimum absolute atomic E-state index is 0.305. The van der Waals surface area contributed by atoms with Crippen LogP contribution < -0.4 is 10.5 Å². The molecule has 0 bridgehead atoms. The number of β-amino-alcohol motifs (C(OH)–C–C–N with tert-alkyl or cyclic N) is 1. The molecule has 5 nitrogen and oxygen atoms in total. The van der Waals surface area contributed by atoms with Gasteiger partial charge < -0.3 is 25.2 Å². The first kappa shape index (κ1) is 16.2. The number of nitrogens with zero attached hydrogens (tertiary/aromatic N) is 1. The van der Waals surface area contributed by atoms with Crippen molar-refractivity contribution in [3.8, 4) is 5.75 Å². The molecule has 0 amide bonds. The zero-order valence-electron chi connectivity index (χ0n) is 12.7. The molecular weight excluding hydrogens is 268 g/mol. The van der Waals surface area contributed by atoms with Crippen LogP contribution in [0.25, 0.3) is 0 Å². The molecule has 0 aromatic heterocycles. The van der Waals surface area contributed by atoms with Gasteiger partial charge in [0.2, 0.25) is 0 Å². The monoisotopic (exact) mass is 294 g/mol. The van der Waals surface area contributed by atoms with Gasteiger partial charge in [-0.25, -0.2) is 0 Å². The van der Waals surface area contributed by atoms with Gasteiger partial charge in [-0.15, -0.1) is 0 Å². The average Bonchev–Trinajstić information content (AvgIpc) is 2.93. The van der Waals surface area contributed by atoms with Crippen molar-refractivity contribution in [2.45, 2.75) is 19.1 Å². The lowest BCUT2D eigenvalue weighted by atomic mass is 10.1. The van der Waals surface area contributed by atoms with E-state index >= 15 is 0 Å². The number of aliphatic hydroxyl groups excluding tert-OH is 1. The lowest BCUT2D eigenvalue weighted by molar-refractivity contribution is 0.0723. The summed E-state index contributed by atoms with van der Waals surface area (Å²) in [6.07, 6.45) is 0.660. The van der Waals surface area contributed by atoms with Crippen molar-refractivity contribution >= 4 is 0 Å². The van der Waals surface area contributed by atoms with Crippen LogP contribution in [0.15, 0.2) is 24.3 Å². The predicted molar refractivity (Wildman–Crippen MR) is 82.3 cm³/mol. The van der Waals surface area contributed by atoms with Crippen LogP contribution in [0.2, 0.25) is 0 Å². The Morgan fingerprint density at radius 1 is 1.48 bits per heavy atom. The van der Waals surface area contributed by atoms with Crippen molar-refractivity contribution < 1.29 is 14.6 Å². The Morgan fingerprint density at radius 2 is 2.33 bits per heavy atom. The van der Waals surface area contributed by atoms with E-state index < -0.39 is 6.10 Å². The molecule has 2 atom stereocenters. The van der Waals surface area contributed by atoms with Crippen LogP contribution in [0, 0.1) is 5.92 Å². The summed E-state index contributed by atoms with van der Waals surface area (Å²) in [5.74, 6) is 1.35. The van der Waals surface area contributed by atoms with Gasteiger partial charge in [-0.2, -0.15) is 0 Å². The minimum Gasteiger partial charge on any atom is -0.491 e. The van der Waals surface area contributed by atoms with Gasteiger partial charge in [0.15, 0.2) is 0 Å². The van der Waals surface area contributed by atoms with Crippen LogP contribution in [0.1, 0.15) is 12.0 Å². The summed E-state index contributed by atoms with van der Waals surface area (Å²) < 4.78 is 10.8. The number of ether oxygens (including phenoxy) is 2. The molecule has 21 heavy (non-hydrogen) atoms. The van der Waals surface area contributed by atoms with E-state index in [0.717, 1.165) is 37.4 Å². The van der Waals surface area contributed by atoms with Crippen LogP contribution in [0.5, 0.6) is 5.75 Å². The summed E-state index contributed by atoms with van der Waals surface area (Å²) in [7, 11) is 1.74. The molecule has 2 rings (SSSR count). The highest BCUT2D eigenvalue weighted by atomic mass is 16.5. The Hall–Kier alpha value is -1.14. The maximum atomic E-state index is 10.1. The third kappa shape index (κ3) is 5.28. The lowest BCUT2D eigenvalue weighted by Crippen LogP contribution is -2.34. The van der Waals surface area contributed by atoms with Gasteiger partial charge in [0.1, 0.15) is 18.5 Å². The maximum absolute atomic E-state index is 10.1. The van der Waals surface area contributed by atoms with E-state index in [0.29, 0.717) is 25.6 Å². The van der Waals surface area contributed by atoms with E-state index in [1.165, 1.54) is 0 Å². The van der Waals surface area contributed by atoms with Gasteiger partial charge in [0.05, 0.1) is 6.61 Å². The summed E-state index contributed by atoms with van der Waals surface area (Å²) in [6, 6.07) is 7.68. The summed E-state index contributed by atoms with van der Waals surface area (Å²) in [5.41, 5.74) is 6.63. The molecule has 1 fully saturated rings. The van der Waals surface area contributed by atoms with Crippen molar-refractivity contribution in [2.24, 2.45) is 11.7 Å². The summed E-state index contributed by atoms with van der Waals surface area (Å²) in [6.45, 7) is 4.26. The zero-order chi connectivity index (χ0) is 15.1. The number of hydrogen-bond donors (Lipinski definition) is 2. The van der Waals surface area contributed by atoms with Gasteiger partial charge >= 0.3 is 0 Å². The first-order chi connectivity index (χ1) is 10.2. The second-order valence-corrected chi connectivity index (χ2v) is 5.69. The number of hydrogen-bond acceptors (Lipinski definition) is 5. The van der Waals surface area contributed by atoms with Gasteiger partial charge in [-0.1, -0.05) is 12.1 Å². The Labute approximate surface area is 126 Å². The normalized spacial score (nSPS) is 20.6. The van der Waals surface area contributed by atoms with Crippen molar-refractivity contribution in [1.82, 2.24) is 4.90 Å². The second-order valence-electron chi connectivity index (χ2n) is 5.69. The standard InChI is InChI=1S/C16H26N2O3/c1-20-11-14-5-6-18(9-14)10-15(19)12-21-16-4-2-3-13(7-16)8-17/h2-4,7,14-15,19H,5-6,8-12,17H2,1H3. The molecule has 1 aliphatic heterocycles. The zero-order valence-corrected chi connectivity index (χ0v) is 12.7. The highest BCUT2D eigenvalue weighted by Crippen LogP contribution is 2.17. The molecule has 2 unspecified atom stereocenters. The molecule has 1 aromatic rings. The summed E-state index contributed by atoms with van der Waals surface area (Å²) >= 11 is 0. The molecular formula is C16H26N2O3. The third-order valence-corrected chi connectivity index (χ3v) is 3.82. The van der Waals surface area contributed by atoms with E-state index in [-0.39, 0.29) is 0 Å². The highest BCUT2D eigenvalue weighted by Gasteiger charge is 2.24. The summed E-state index contributed by atoms with van der Waals surface area (Å²) in [4.78, 5) is 2.27. The fourth-order valence-electron chi connectivity index (χ4n) is 2.76. The molecule has 5 heteroatoms. The second kappa shape index (κ2) is 8.34. The molecule has 1 aromatic carbocycles. The molecule has 1 saturated heterocycles. The topological polar surface area (TPSA) is 68.0 Å². The fraction of sp³-hybridized carbons (Fsp3) is 0.625. The number of likely N-dealkylation sites (tertiary alicyclic amines) is 1. The van der Waals surface area contributed by atoms with Crippen LogP contribution in [-0.2, 0) is 11.3 Å².